The lowest BCUT2D eigenvalue weighted by Crippen LogP contribution is -2.13. The molecule has 0 radical (unpaired) electrons. The highest BCUT2D eigenvalue weighted by Gasteiger charge is 2.03. The number of rotatable bonds is 2. The average Bonchev–Trinajstić information content (AvgIpc) is 1.87. The van der Waals surface area contributed by atoms with Gasteiger partial charge in [0.1, 0.15) is 12.1 Å². The van der Waals surface area contributed by atoms with Gasteiger partial charge in [-0.05, 0) is 0 Å². The first-order valence-electron chi connectivity index (χ1n) is 2.01. The van der Waals surface area contributed by atoms with E-state index in [4.69, 9.17) is 17.0 Å². The lowest BCUT2D eigenvalue weighted by atomic mass is 10.7. The van der Waals surface area contributed by atoms with Gasteiger partial charge in [-0.3, -0.25) is 4.79 Å². The summed E-state index contributed by atoms with van der Waals surface area (Å²) in [4.78, 5) is 20.1. The molecule has 0 bridgehead atoms. The molecular formula is C4H5Cl2NO3. The molecule has 0 aliphatic carbocycles. The molecule has 0 heterocycles. The van der Waals surface area contributed by atoms with E-state index in [0.29, 0.717) is 6.21 Å². The van der Waals surface area contributed by atoms with E-state index < -0.39 is 11.9 Å². The minimum absolute atomic E-state index is 0. The van der Waals surface area contributed by atoms with Gasteiger partial charge in [-0.2, -0.15) is 0 Å². The van der Waals surface area contributed by atoms with E-state index in [1.807, 2.05) is 0 Å². The molecule has 4 nitrogen and oxygen atoms in total. The Balaban J connectivity index is 0. The SMILES string of the molecule is Cl.N=CC(=O)OC(=O)CCl. The summed E-state index contributed by atoms with van der Waals surface area (Å²) in [5.74, 6) is -2.22. The molecule has 10 heavy (non-hydrogen) atoms. The minimum Gasteiger partial charge on any atom is -0.388 e. The zero-order chi connectivity index (χ0) is 7.28. The lowest BCUT2D eigenvalue weighted by molar-refractivity contribution is -0.152. The highest BCUT2D eigenvalue weighted by molar-refractivity contribution is 6.30. The summed E-state index contributed by atoms with van der Waals surface area (Å²) in [6.07, 6.45) is 0.393. The summed E-state index contributed by atoms with van der Waals surface area (Å²) >= 11 is 4.95. The lowest BCUT2D eigenvalue weighted by Gasteiger charge is -1.91. The number of esters is 2. The van der Waals surface area contributed by atoms with Gasteiger partial charge in [0.15, 0.2) is 0 Å². The smallest absolute Gasteiger partial charge is 0.356 e. The van der Waals surface area contributed by atoms with Crippen molar-refractivity contribution in [2.75, 3.05) is 5.88 Å². The standard InChI is InChI=1S/C4H4ClNO3.ClH/c5-1-3(7)9-4(8)2-6;/h2,6H,1H2;1H. The second kappa shape index (κ2) is 6.51. The number of ether oxygens (including phenoxy) is 1. The van der Waals surface area contributed by atoms with Crippen LogP contribution in [-0.4, -0.2) is 24.0 Å². The number of hydrogen-bond acceptors (Lipinski definition) is 4. The quantitative estimate of drug-likeness (QED) is 0.293. The van der Waals surface area contributed by atoms with E-state index in [1.54, 1.807) is 0 Å². The van der Waals surface area contributed by atoms with Gasteiger partial charge in [-0.25, -0.2) is 4.79 Å². The van der Waals surface area contributed by atoms with Crippen molar-refractivity contribution in [3.05, 3.63) is 0 Å². The van der Waals surface area contributed by atoms with E-state index in [9.17, 15) is 9.59 Å². The van der Waals surface area contributed by atoms with Gasteiger partial charge in [0.05, 0.1) is 0 Å². The van der Waals surface area contributed by atoms with Gasteiger partial charge in [-0.15, -0.1) is 24.0 Å². The number of alkyl halides is 1. The van der Waals surface area contributed by atoms with E-state index in [1.165, 1.54) is 0 Å². The zero-order valence-corrected chi connectivity index (χ0v) is 6.37. The van der Waals surface area contributed by atoms with Crippen LogP contribution in [0.2, 0.25) is 0 Å². The molecule has 0 aliphatic heterocycles. The summed E-state index contributed by atoms with van der Waals surface area (Å²) in [7, 11) is 0. The van der Waals surface area contributed by atoms with Crippen LogP contribution < -0.4 is 0 Å². The molecule has 0 unspecified atom stereocenters. The van der Waals surface area contributed by atoms with Crippen LogP contribution in [0.4, 0.5) is 0 Å². The molecule has 0 aromatic carbocycles. The largest absolute Gasteiger partial charge is 0.388 e. The Morgan fingerprint density at radius 3 is 2.40 bits per heavy atom. The Hall–Kier alpha value is -0.610. The Bertz CT molecular complexity index is 147. The fraction of sp³-hybridized carbons (Fsp3) is 0.250. The van der Waals surface area contributed by atoms with E-state index in [0.717, 1.165) is 0 Å². The van der Waals surface area contributed by atoms with Crippen molar-refractivity contribution >= 4 is 42.2 Å². The predicted molar refractivity (Wildman–Crippen MR) is 37.9 cm³/mol. The van der Waals surface area contributed by atoms with Gasteiger partial charge in [0.25, 0.3) is 0 Å². The van der Waals surface area contributed by atoms with E-state index in [-0.39, 0.29) is 18.3 Å². The van der Waals surface area contributed by atoms with Crippen LogP contribution in [-0.2, 0) is 14.3 Å². The maximum absolute atomic E-state index is 10.1. The number of carbonyl (C=O) groups excluding carboxylic acids is 2. The first kappa shape index (κ1) is 12.1. The first-order chi connectivity index (χ1) is 4.20. The molecule has 0 fully saturated rings. The molecule has 6 heteroatoms. The van der Waals surface area contributed by atoms with Crippen molar-refractivity contribution in [2.24, 2.45) is 0 Å². The molecule has 0 amide bonds. The summed E-state index contributed by atoms with van der Waals surface area (Å²) in [5.41, 5.74) is 0. The number of carbonyl (C=O) groups is 2. The normalized spacial score (nSPS) is 7.30. The molecule has 1 N–H and O–H groups in total. The third-order valence-corrected chi connectivity index (χ3v) is 0.660. The van der Waals surface area contributed by atoms with Gasteiger partial charge in [0.2, 0.25) is 0 Å². The van der Waals surface area contributed by atoms with Crippen molar-refractivity contribution < 1.29 is 14.3 Å². The van der Waals surface area contributed by atoms with Crippen LogP contribution >= 0.6 is 24.0 Å². The number of hydrogen-bond donors (Lipinski definition) is 1. The van der Waals surface area contributed by atoms with Gasteiger partial charge < -0.3 is 10.1 Å². The molecule has 0 rings (SSSR count). The molecule has 0 aliphatic rings. The van der Waals surface area contributed by atoms with Gasteiger partial charge in [-0.1, -0.05) is 0 Å². The predicted octanol–water partition coefficient (Wildman–Crippen LogP) is 0.366. The van der Waals surface area contributed by atoms with Crippen LogP contribution in [0.1, 0.15) is 0 Å². The topological polar surface area (TPSA) is 67.2 Å². The van der Waals surface area contributed by atoms with Gasteiger partial charge >= 0.3 is 11.9 Å². The minimum atomic E-state index is -0.999. The summed E-state index contributed by atoms with van der Waals surface area (Å²) in [6.45, 7) is 0. The summed E-state index contributed by atoms with van der Waals surface area (Å²) < 4.78 is 3.90. The average molecular weight is 186 g/mol. The van der Waals surface area contributed by atoms with Crippen molar-refractivity contribution in [3.63, 3.8) is 0 Å². The molecule has 0 aromatic rings. The molecule has 0 spiro atoms. The van der Waals surface area contributed by atoms with Crippen LogP contribution in [0.5, 0.6) is 0 Å². The Labute approximate surface area is 68.4 Å². The van der Waals surface area contributed by atoms with Crippen LogP contribution in [0, 0.1) is 5.41 Å². The molecule has 0 atom stereocenters. The molecular weight excluding hydrogens is 181 g/mol. The van der Waals surface area contributed by atoms with Crippen LogP contribution in [0.15, 0.2) is 0 Å². The van der Waals surface area contributed by atoms with Gasteiger partial charge in [0, 0.05) is 0 Å². The molecule has 0 aromatic heterocycles. The summed E-state index contributed by atoms with van der Waals surface area (Å²) in [6, 6.07) is 0. The highest BCUT2D eigenvalue weighted by Crippen LogP contribution is 1.81. The number of halogens is 2. The molecule has 0 saturated carbocycles. The van der Waals surface area contributed by atoms with E-state index >= 15 is 0 Å². The molecule has 58 valence electrons. The van der Waals surface area contributed by atoms with E-state index in [2.05, 4.69) is 4.74 Å². The van der Waals surface area contributed by atoms with Crippen molar-refractivity contribution in [3.8, 4) is 0 Å². The van der Waals surface area contributed by atoms with Crippen molar-refractivity contribution in [1.82, 2.24) is 0 Å². The Morgan fingerprint density at radius 1 is 1.60 bits per heavy atom. The van der Waals surface area contributed by atoms with Crippen molar-refractivity contribution in [1.29, 1.82) is 5.41 Å². The summed E-state index contributed by atoms with van der Waals surface area (Å²) in [5, 5.41) is 6.28. The second-order valence-corrected chi connectivity index (χ2v) is 1.34. The Kier molecular flexibility index (Phi) is 7.88. The maximum atomic E-state index is 10.1. The third kappa shape index (κ3) is 5.53. The monoisotopic (exact) mass is 185 g/mol. The highest BCUT2D eigenvalue weighted by atomic mass is 35.5. The second-order valence-electron chi connectivity index (χ2n) is 1.07. The Morgan fingerprint density at radius 2 is 2.10 bits per heavy atom. The fourth-order valence-corrected chi connectivity index (χ4v) is 0.223. The maximum Gasteiger partial charge on any atom is 0.356 e. The van der Waals surface area contributed by atoms with Crippen molar-refractivity contribution in [2.45, 2.75) is 0 Å². The number of nitrogens with one attached hydrogen (secondary N) is 1. The van der Waals surface area contributed by atoms with Crippen LogP contribution in [0.25, 0.3) is 0 Å². The zero-order valence-electron chi connectivity index (χ0n) is 4.80. The van der Waals surface area contributed by atoms with Crippen LogP contribution in [0.3, 0.4) is 0 Å². The first-order valence-corrected chi connectivity index (χ1v) is 2.55. The molecule has 0 saturated heterocycles. The fourth-order valence-electron chi connectivity index (χ4n) is 0.169. The third-order valence-electron chi connectivity index (χ3n) is 0.441.